The Morgan fingerprint density at radius 2 is 1.17 bits per heavy atom. The maximum Gasteiger partial charge on any atom is 0.456 e. The minimum Gasteiger partial charge on any atom is -0.512 e. The van der Waals surface area contributed by atoms with E-state index in [1.54, 1.807) is 0 Å². The lowest BCUT2D eigenvalue weighted by Crippen LogP contribution is -2.44. The highest BCUT2D eigenvalue weighted by Gasteiger charge is 2.33. The third-order valence-electron chi connectivity index (χ3n) is 2.80. The van der Waals surface area contributed by atoms with E-state index in [2.05, 4.69) is 13.5 Å². The Labute approximate surface area is 109 Å². The summed E-state index contributed by atoms with van der Waals surface area (Å²) in [6.45, 7) is 4.20. The highest BCUT2D eigenvalue weighted by atomic mass is 28.4. The zero-order valence-electron chi connectivity index (χ0n) is 10.8. The Morgan fingerprint density at radius 1 is 0.778 bits per heavy atom. The van der Waals surface area contributed by atoms with Gasteiger partial charge in [-0.15, -0.1) is 0 Å². The van der Waals surface area contributed by atoms with Gasteiger partial charge in [-0.05, 0) is 24.3 Å². The van der Waals surface area contributed by atoms with E-state index in [-0.39, 0.29) is 0 Å². The molecule has 3 heteroatoms. The molecule has 0 saturated heterocycles. The lowest BCUT2D eigenvalue weighted by molar-refractivity contribution is 0.390. The fourth-order valence-electron chi connectivity index (χ4n) is 1.64. The predicted molar refractivity (Wildman–Crippen MR) is 76.2 cm³/mol. The second-order valence-electron chi connectivity index (χ2n) is 4.32. The third kappa shape index (κ3) is 3.37. The first-order chi connectivity index (χ1) is 8.72. The normalized spacial score (nSPS) is 11.0. The van der Waals surface area contributed by atoms with Crippen LogP contribution in [-0.2, 0) is 0 Å². The fourth-order valence-corrected chi connectivity index (χ4v) is 3.24. The van der Waals surface area contributed by atoms with Crippen LogP contribution in [0.2, 0.25) is 12.6 Å². The van der Waals surface area contributed by atoms with Crippen molar-refractivity contribution in [1.29, 1.82) is 0 Å². The van der Waals surface area contributed by atoms with Crippen molar-refractivity contribution in [2.24, 2.45) is 0 Å². The van der Waals surface area contributed by atoms with Crippen LogP contribution >= 0.6 is 0 Å². The summed E-state index contributed by atoms with van der Waals surface area (Å²) in [7, 11) is -2.21. The molecule has 0 aromatic heterocycles. The molecule has 0 spiro atoms. The highest BCUT2D eigenvalue weighted by Crippen LogP contribution is 2.22. The zero-order valence-corrected chi connectivity index (χ0v) is 11.8. The van der Waals surface area contributed by atoms with Crippen LogP contribution in [0.5, 0.6) is 11.5 Å². The van der Waals surface area contributed by atoms with Crippen LogP contribution in [0.15, 0.2) is 60.7 Å². The predicted octanol–water partition coefficient (Wildman–Crippen LogP) is 4.24. The smallest absolute Gasteiger partial charge is 0.456 e. The molecule has 0 amide bonds. The van der Waals surface area contributed by atoms with Crippen LogP contribution in [0.25, 0.3) is 0 Å². The van der Waals surface area contributed by atoms with Gasteiger partial charge in [-0.1, -0.05) is 43.3 Å². The van der Waals surface area contributed by atoms with E-state index < -0.39 is 8.56 Å². The van der Waals surface area contributed by atoms with Gasteiger partial charge in [0, 0.05) is 12.6 Å². The van der Waals surface area contributed by atoms with Crippen molar-refractivity contribution in [3.63, 3.8) is 0 Å². The molecule has 0 aliphatic carbocycles. The van der Waals surface area contributed by atoms with Crippen LogP contribution in [0.1, 0.15) is 6.92 Å². The maximum absolute atomic E-state index is 6.07. The summed E-state index contributed by atoms with van der Waals surface area (Å²) in [5, 5.41) is 0. The van der Waals surface area contributed by atoms with E-state index in [4.69, 9.17) is 8.85 Å². The highest BCUT2D eigenvalue weighted by molar-refractivity contribution is 6.67. The molecule has 0 unspecified atom stereocenters. The molecule has 0 heterocycles. The number of hydrogen-bond donors (Lipinski definition) is 0. The first-order valence-corrected chi connectivity index (χ1v) is 8.72. The Kier molecular flexibility index (Phi) is 4.05. The lowest BCUT2D eigenvalue weighted by Gasteiger charge is -2.27. The van der Waals surface area contributed by atoms with Crippen molar-refractivity contribution in [2.75, 3.05) is 0 Å². The summed E-state index contributed by atoms with van der Waals surface area (Å²) in [4.78, 5) is 0. The van der Waals surface area contributed by atoms with Crippen molar-refractivity contribution in [1.82, 2.24) is 0 Å². The standard InChI is InChI=1S/C15H18O2Si/c1-3-18(2,16-14-10-6-4-7-11-14)17-15-12-8-5-9-13-15/h4-13H,3H2,1-2H3. The first-order valence-electron chi connectivity index (χ1n) is 6.20. The molecular weight excluding hydrogens is 240 g/mol. The molecule has 94 valence electrons. The van der Waals surface area contributed by atoms with E-state index >= 15 is 0 Å². The molecule has 18 heavy (non-hydrogen) atoms. The molecular formula is C15H18O2Si. The monoisotopic (exact) mass is 258 g/mol. The second-order valence-corrected chi connectivity index (χ2v) is 7.70. The van der Waals surface area contributed by atoms with E-state index in [1.165, 1.54) is 0 Å². The average molecular weight is 258 g/mol. The largest absolute Gasteiger partial charge is 0.512 e. The number of rotatable bonds is 5. The molecule has 2 nitrogen and oxygen atoms in total. The Morgan fingerprint density at radius 3 is 1.50 bits per heavy atom. The van der Waals surface area contributed by atoms with Crippen LogP contribution in [0.4, 0.5) is 0 Å². The number of benzene rings is 2. The lowest BCUT2D eigenvalue weighted by atomic mass is 10.3. The summed E-state index contributed by atoms with van der Waals surface area (Å²) < 4.78 is 12.1. The fraction of sp³-hybridized carbons (Fsp3) is 0.200. The van der Waals surface area contributed by atoms with E-state index in [9.17, 15) is 0 Å². The van der Waals surface area contributed by atoms with Gasteiger partial charge in [0.05, 0.1) is 0 Å². The molecule has 2 aromatic carbocycles. The van der Waals surface area contributed by atoms with E-state index in [1.807, 2.05) is 60.7 Å². The summed E-state index contributed by atoms with van der Waals surface area (Å²) >= 11 is 0. The molecule has 0 fully saturated rings. The molecule has 0 aliphatic heterocycles. The Bertz CT molecular complexity index is 429. The molecule has 2 rings (SSSR count). The van der Waals surface area contributed by atoms with Crippen molar-refractivity contribution < 1.29 is 8.85 Å². The Balaban J connectivity index is 2.11. The quantitative estimate of drug-likeness (QED) is 0.747. The van der Waals surface area contributed by atoms with Crippen LogP contribution in [0, 0.1) is 0 Å². The first kappa shape index (κ1) is 12.7. The molecule has 0 saturated carbocycles. The minimum atomic E-state index is -2.21. The van der Waals surface area contributed by atoms with Crippen molar-refractivity contribution >= 4 is 8.56 Å². The summed E-state index contributed by atoms with van der Waals surface area (Å²) in [6, 6.07) is 20.6. The van der Waals surface area contributed by atoms with Crippen LogP contribution < -0.4 is 8.85 Å². The van der Waals surface area contributed by atoms with Crippen LogP contribution in [0.3, 0.4) is 0 Å². The third-order valence-corrected chi connectivity index (χ3v) is 5.42. The topological polar surface area (TPSA) is 18.5 Å². The Hall–Kier alpha value is -1.74. The van der Waals surface area contributed by atoms with Gasteiger partial charge in [0.25, 0.3) is 0 Å². The van der Waals surface area contributed by atoms with E-state index in [0.29, 0.717) is 0 Å². The average Bonchev–Trinajstić information content (AvgIpc) is 2.41. The van der Waals surface area contributed by atoms with Crippen LogP contribution in [-0.4, -0.2) is 8.56 Å². The number of hydrogen-bond acceptors (Lipinski definition) is 2. The molecule has 0 N–H and O–H groups in total. The molecule has 0 radical (unpaired) electrons. The second kappa shape index (κ2) is 5.73. The summed E-state index contributed by atoms with van der Waals surface area (Å²) in [5.74, 6) is 1.76. The van der Waals surface area contributed by atoms with Gasteiger partial charge in [-0.25, -0.2) is 0 Å². The molecule has 2 aromatic rings. The van der Waals surface area contributed by atoms with Gasteiger partial charge in [-0.3, -0.25) is 0 Å². The van der Waals surface area contributed by atoms with Crippen molar-refractivity contribution in [3.05, 3.63) is 60.7 Å². The van der Waals surface area contributed by atoms with Gasteiger partial charge >= 0.3 is 8.56 Å². The van der Waals surface area contributed by atoms with E-state index in [0.717, 1.165) is 17.5 Å². The zero-order chi connectivity index (χ0) is 12.8. The molecule has 0 bridgehead atoms. The van der Waals surface area contributed by atoms with Gasteiger partial charge in [0.2, 0.25) is 0 Å². The molecule has 0 aliphatic rings. The SMILES string of the molecule is CC[Si](C)(Oc1ccccc1)Oc1ccccc1. The summed E-state index contributed by atoms with van der Waals surface area (Å²) in [5.41, 5.74) is 0. The van der Waals surface area contributed by atoms with Crippen molar-refractivity contribution in [2.45, 2.75) is 19.5 Å². The van der Waals surface area contributed by atoms with Gasteiger partial charge in [0.1, 0.15) is 11.5 Å². The van der Waals surface area contributed by atoms with Gasteiger partial charge in [0.15, 0.2) is 0 Å². The van der Waals surface area contributed by atoms with Crippen molar-refractivity contribution in [3.8, 4) is 11.5 Å². The van der Waals surface area contributed by atoms with Gasteiger partial charge < -0.3 is 8.85 Å². The maximum atomic E-state index is 6.07. The minimum absolute atomic E-state index is 0.879. The number of para-hydroxylation sites is 2. The van der Waals surface area contributed by atoms with Gasteiger partial charge in [-0.2, -0.15) is 0 Å². The summed E-state index contributed by atoms with van der Waals surface area (Å²) in [6.07, 6.45) is 0. The molecule has 0 atom stereocenters.